The fourth-order valence-corrected chi connectivity index (χ4v) is 5.37. The van der Waals surface area contributed by atoms with E-state index in [1.54, 1.807) is 0 Å². The predicted molar refractivity (Wildman–Crippen MR) is 117 cm³/mol. The maximum Gasteiger partial charge on any atom is 0.216 e. The number of guanidine groups is 1. The van der Waals surface area contributed by atoms with Gasteiger partial charge in [0, 0.05) is 25.7 Å². The topological polar surface area (TPSA) is 73.8 Å². The van der Waals surface area contributed by atoms with Crippen LogP contribution in [0.2, 0.25) is 0 Å². The molecule has 0 amide bonds. The zero-order valence-electron chi connectivity index (χ0n) is 17.9. The Morgan fingerprint density at radius 1 is 1.18 bits per heavy atom. The zero-order chi connectivity index (χ0) is 20.7. The molecule has 2 rings (SSSR count). The fraction of sp³-hybridized carbons (Fsp3) is 0.667. The molecule has 7 heteroatoms. The molecule has 1 fully saturated rings. The zero-order valence-corrected chi connectivity index (χ0v) is 18.7. The van der Waals surface area contributed by atoms with Crippen LogP contribution < -0.4 is 10.0 Å². The first kappa shape index (κ1) is 22.7. The summed E-state index contributed by atoms with van der Waals surface area (Å²) in [5.41, 5.74) is 1.75. The van der Waals surface area contributed by atoms with Crippen LogP contribution in [0.4, 0.5) is 0 Å². The van der Waals surface area contributed by atoms with Gasteiger partial charge in [-0.15, -0.1) is 0 Å². The third-order valence-corrected chi connectivity index (χ3v) is 6.30. The number of piperidine rings is 1. The maximum atomic E-state index is 12.4. The van der Waals surface area contributed by atoms with Crippen LogP contribution in [0.1, 0.15) is 52.2 Å². The second kappa shape index (κ2) is 10.3. The van der Waals surface area contributed by atoms with Crippen molar-refractivity contribution in [2.24, 2.45) is 16.8 Å². The van der Waals surface area contributed by atoms with Gasteiger partial charge in [0.05, 0.1) is 12.3 Å². The van der Waals surface area contributed by atoms with Crippen LogP contribution in [0.5, 0.6) is 0 Å². The highest BCUT2D eigenvalue weighted by Gasteiger charge is 2.24. The summed E-state index contributed by atoms with van der Waals surface area (Å²) in [6, 6.07) is 7.55. The SMILES string of the molecule is CCNC(=NCc1ccccc1CS(=O)(=O)NC(C)C)N1CC(C)CC(C)C1. The highest BCUT2D eigenvalue weighted by Crippen LogP contribution is 2.21. The molecule has 0 bridgehead atoms. The first-order chi connectivity index (χ1) is 13.2. The second-order valence-corrected chi connectivity index (χ2v) is 10.1. The van der Waals surface area contributed by atoms with E-state index in [4.69, 9.17) is 4.99 Å². The van der Waals surface area contributed by atoms with Crippen LogP contribution in [0.25, 0.3) is 0 Å². The van der Waals surface area contributed by atoms with Gasteiger partial charge in [0.25, 0.3) is 0 Å². The van der Waals surface area contributed by atoms with Crippen LogP contribution in [0, 0.1) is 11.8 Å². The van der Waals surface area contributed by atoms with E-state index >= 15 is 0 Å². The average molecular weight is 409 g/mol. The summed E-state index contributed by atoms with van der Waals surface area (Å²) in [5, 5.41) is 3.40. The molecule has 1 saturated heterocycles. The third-order valence-electron chi connectivity index (χ3n) is 4.78. The molecule has 1 heterocycles. The highest BCUT2D eigenvalue weighted by atomic mass is 32.2. The number of aliphatic imine (C=N–C) groups is 1. The van der Waals surface area contributed by atoms with Gasteiger partial charge < -0.3 is 10.2 Å². The second-order valence-electron chi connectivity index (χ2n) is 8.32. The molecule has 0 aromatic heterocycles. The van der Waals surface area contributed by atoms with E-state index < -0.39 is 10.0 Å². The van der Waals surface area contributed by atoms with Gasteiger partial charge in [0.15, 0.2) is 5.96 Å². The van der Waals surface area contributed by atoms with Gasteiger partial charge in [-0.2, -0.15) is 0 Å². The molecule has 1 aromatic carbocycles. The van der Waals surface area contributed by atoms with Crippen molar-refractivity contribution in [2.75, 3.05) is 19.6 Å². The minimum atomic E-state index is -3.36. The lowest BCUT2D eigenvalue weighted by atomic mass is 9.92. The number of benzene rings is 1. The number of likely N-dealkylation sites (tertiary alicyclic amines) is 1. The van der Waals surface area contributed by atoms with Crippen LogP contribution in [0.15, 0.2) is 29.3 Å². The molecule has 1 aliphatic heterocycles. The maximum absolute atomic E-state index is 12.4. The molecular formula is C21H36N4O2S. The molecule has 2 N–H and O–H groups in total. The first-order valence-electron chi connectivity index (χ1n) is 10.3. The van der Waals surface area contributed by atoms with Crippen molar-refractivity contribution in [2.45, 2.75) is 59.4 Å². The monoisotopic (exact) mass is 408 g/mol. The Morgan fingerprint density at radius 2 is 1.79 bits per heavy atom. The molecule has 0 aliphatic carbocycles. The van der Waals surface area contributed by atoms with Crippen molar-refractivity contribution in [3.63, 3.8) is 0 Å². The van der Waals surface area contributed by atoms with E-state index in [9.17, 15) is 8.42 Å². The average Bonchev–Trinajstić information content (AvgIpc) is 2.57. The quantitative estimate of drug-likeness (QED) is 0.537. The van der Waals surface area contributed by atoms with Gasteiger partial charge in [-0.25, -0.2) is 18.1 Å². The Bertz CT molecular complexity index is 751. The van der Waals surface area contributed by atoms with E-state index in [1.165, 1.54) is 6.42 Å². The van der Waals surface area contributed by atoms with Crippen LogP contribution in [0.3, 0.4) is 0 Å². The Balaban J connectivity index is 2.18. The van der Waals surface area contributed by atoms with Crippen LogP contribution >= 0.6 is 0 Å². The van der Waals surface area contributed by atoms with Crippen molar-refractivity contribution in [3.8, 4) is 0 Å². The first-order valence-corrected chi connectivity index (χ1v) is 12.0. The molecule has 6 nitrogen and oxygen atoms in total. The summed E-state index contributed by atoms with van der Waals surface area (Å²) < 4.78 is 27.4. The van der Waals surface area contributed by atoms with Gasteiger partial charge in [-0.05, 0) is 50.2 Å². The van der Waals surface area contributed by atoms with Crippen molar-refractivity contribution < 1.29 is 8.42 Å². The van der Waals surface area contributed by atoms with Crippen molar-refractivity contribution in [3.05, 3.63) is 35.4 Å². The Kier molecular flexibility index (Phi) is 8.31. The minimum absolute atomic E-state index is 0.0226. The minimum Gasteiger partial charge on any atom is -0.357 e. The molecule has 28 heavy (non-hydrogen) atoms. The lowest BCUT2D eigenvalue weighted by molar-refractivity contribution is 0.208. The van der Waals surface area contributed by atoms with E-state index in [0.29, 0.717) is 18.4 Å². The number of rotatable bonds is 7. The molecule has 1 aliphatic rings. The largest absolute Gasteiger partial charge is 0.357 e. The van der Waals surface area contributed by atoms with E-state index in [2.05, 4.69) is 35.7 Å². The molecule has 0 radical (unpaired) electrons. The van der Waals surface area contributed by atoms with Crippen molar-refractivity contribution in [1.29, 1.82) is 0 Å². The summed E-state index contributed by atoms with van der Waals surface area (Å²) in [5.74, 6) is 2.18. The van der Waals surface area contributed by atoms with Crippen LogP contribution in [-0.4, -0.2) is 45.0 Å². The van der Waals surface area contributed by atoms with E-state index in [-0.39, 0.29) is 11.8 Å². The molecule has 0 saturated carbocycles. The fourth-order valence-electron chi connectivity index (χ4n) is 3.88. The van der Waals surface area contributed by atoms with Gasteiger partial charge in [0.1, 0.15) is 0 Å². The number of nitrogens with zero attached hydrogens (tertiary/aromatic N) is 2. The summed E-state index contributed by atoms with van der Waals surface area (Å²) >= 11 is 0. The molecule has 2 atom stereocenters. The summed E-state index contributed by atoms with van der Waals surface area (Å²) in [6.07, 6.45) is 1.25. The van der Waals surface area contributed by atoms with Gasteiger partial charge >= 0.3 is 0 Å². The Hall–Kier alpha value is -1.60. The predicted octanol–water partition coefficient (Wildman–Crippen LogP) is 2.96. The Labute approximate surface area is 170 Å². The summed E-state index contributed by atoms with van der Waals surface area (Å²) in [7, 11) is -3.36. The van der Waals surface area contributed by atoms with Crippen molar-refractivity contribution in [1.82, 2.24) is 14.9 Å². The van der Waals surface area contributed by atoms with Crippen molar-refractivity contribution >= 4 is 16.0 Å². The highest BCUT2D eigenvalue weighted by molar-refractivity contribution is 7.88. The van der Waals surface area contributed by atoms with Gasteiger partial charge in [-0.1, -0.05) is 38.1 Å². The molecule has 0 spiro atoms. The van der Waals surface area contributed by atoms with Crippen LogP contribution in [-0.2, 0) is 22.3 Å². The molecule has 158 valence electrons. The van der Waals surface area contributed by atoms with Gasteiger partial charge in [0.2, 0.25) is 10.0 Å². The van der Waals surface area contributed by atoms with E-state index in [1.807, 2.05) is 38.1 Å². The molecular weight excluding hydrogens is 372 g/mol. The normalized spacial score (nSPS) is 21.2. The standard InChI is InChI=1S/C21H36N4O2S/c1-6-22-21(25-13-17(4)11-18(5)14-25)23-12-19-9-7-8-10-20(19)15-28(26,27)24-16(2)3/h7-10,16-18,24H,6,11-15H2,1-5H3,(H,22,23). The lowest BCUT2D eigenvalue weighted by Crippen LogP contribution is -2.48. The Morgan fingerprint density at radius 3 is 2.36 bits per heavy atom. The number of hydrogen-bond acceptors (Lipinski definition) is 3. The number of sulfonamides is 1. The van der Waals surface area contributed by atoms with Gasteiger partial charge in [-0.3, -0.25) is 0 Å². The third kappa shape index (κ3) is 7.09. The lowest BCUT2D eigenvalue weighted by Gasteiger charge is -2.37. The number of nitrogens with one attached hydrogen (secondary N) is 2. The molecule has 1 aromatic rings. The summed E-state index contributed by atoms with van der Waals surface area (Å²) in [6.45, 7) is 13.6. The van der Waals surface area contributed by atoms with E-state index in [0.717, 1.165) is 36.7 Å². The smallest absolute Gasteiger partial charge is 0.216 e. The molecule has 2 unspecified atom stereocenters. The summed E-state index contributed by atoms with van der Waals surface area (Å²) in [4.78, 5) is 7.18. The number of hydrogen-bond donors (Lipinski definition) is 2.